The van der Waals surface area contributed by atoms with Crippen LogP contribution in [0.5, 0.6) is 17.2 Å². The Labute approximate surface area is 354 Å². The van der Waals surface area contributed by atoms with Crippen molar-refractivity contribution in [2.24, 2.45) is 23.7 Å². The summed E-state index contributed by atoms with van der Waals surface area (Å²) in [6.45, 7) is 13.2. The number of hydrogen-bond acceptors (Lipinski definition) is 13. The number of nitrogens with one attached hydrogen (secondary N) is 2. The number of fused-ring (bicyclic) bond motifs is 1. The number of aromatic amines is 1. The highest BCUT2D eigenvalue weighted by atomic mass is 16.7. The van der Waals surface area contributed by atoms with Gasteiger partial charge in [0.2, 0.25) is 5.95 Å². The van der Waals surface area contributed by atoms with Gasteiger partial charge in [-0.3, -0.25) is 14.4 Å². The lowest BCUT2D eigenvalue weighted by Gasteiger charge is -2.38. The highest BCUT2D eigenvalue weighted by molar-refractivity contribution is 6.28. The molecule has 0 saturated carbocycles. The van der Waals surface area contributed by atoms with Crippen LogP contribution in [-0.4, -0.2) is 92.4 Å². The Morgan fingerprint density at radius 1 is 0.967 bits per heavy atom. The number of nitrogens with zero attached hydrogens (tertiary/aromatic N) is 2. The SMILES string of the molecule is CO[C@H]1/C=C/O[C@@]2(C)Oc3c(C)c(O)c4c(O)c(c5[nH]c(N(C)Cc6ccccc6)nc5c4c3C2=O)NC(=O)/C(C)=C\C=C\[C@@H](C)[C@H](O)[C@@H](C)[C@H](O)[C@@H](C)[C@@H](OC(C)=O)[C@@H]1C. The molecule has 326 valence electrons. The summed E-state index contributed by atoms with van der Waals surface area (Å²) < 4.78 is 23.9. The molecule has 1 amide bonds. The number of esters is 1. The van der Waals surface area contributed by atoms with Crippen molar-refractivity contribution in [2.75, 3.05) is 24.4 Å². The standard InChI is InChI=1S/C46H56N4O11/c1-22-15-14-16-23(2)44(57)47-36-35-34(48-45(49-35)50(9)21-29-17-12-11-13-18-29)31-32(40(36)55)39(54)27(6)42-33(31)43(56)46(8,61-42)59-20-19-30(58-10)24(3)41(60-28(7)51)26(5)38(53)25(4)37(22)52/h11-20,22,24-26,30,37-38,41,52-55H,21H2,1-10H3,(H,47,57)(H,48,49)/b15-14+,20-19+,23-16-/t22-,24-,25-,26-,30+,37+,38+,41+,46+/m1/s1. The number of carbonyl (C=O) groups excluding carboxylic acids is 3. The van der Waals surface area contributed by atoms with Crippen LogP contribution in [0.25, 0.3) is 21.8 Å². The Morgan fingerprint density at radius 2 is 1.66 bits per heavy atom. The van der Waals surface area contributed by atoms with Gasteiger partial charge in [0.1, 0.15) is 28.8 Å². The predicted molar refractivity (Wildman–Crippen MR) is 230 cm³/mol. The molecule has 0 aliphatic carbocycles. The van der Waals surface area contributed by atoms with Crippen molar-refractivity contribution < 1.29 is 53.8 Å². The van der Waals surface area contributed by atoms with E-state index in [0.29, 0.717) is 12.5 Å². The van der Waals surface area contributed by atoms with Crippen LogP contribution in [0, 0.1) is 30.6 Å². The van der Waals surface area contributed by atoms with Gasteiger partial charge in [0, 0.05) is 74.7 Å². The summed E-state index contributed by atoms with van der Waals surface area (Å²) in [7, 11) is 3.27. The van der Waals surface area contributed by atoms with Crippen molar-refractivity contribution in [3.63, 3.8) is 0 Å². The summed E-state index contributed by atoms with van der Waals surface area (Å²) in [4.78, 5) is 50.9. The van der Waals surface area contributed by atoms with Crippen LogP contribution in [0.1, 0.15) is 70.0 Å². The first-order chi connectivity index (χ1) is 28.8. The second kappa shape index (κ2) is 17.6. The number of aliphatic hydroxyl groups excluding tert-OH is 2. The lowest BCUT2D eigenvalue weighted by Crippen LogP contribution is -2.46. The van der Waals surface area contributed by atoms with Crippen LogP contribution in [0.4, 0.5) is 11.6 Å². The molecule has 9 atom stereocenters. The zero-order valence-electron chi connectivity index (χ0n) is 36.1. The first-order valence-electron chi connectivity index (χ1n) is 20.3. The summed E-state index contributed by atoms with van der Waals surface area (Å²) in [5, 5.41) is 49.5. The fraction of sp³-hybridized carbons (Fsp3) is 0.435. The molecular formula is C46H56N4O11. The van der Waals surface area contributed by atoms with Gasteiger partial charge in [-0.25, -0.2) is 4.98 Å². The zero-order valence-corrected chi connectivity index (χ0v) is 36.1. The number of rotatable bonds is 5. The van der Waals surface area contributed by atoms with Gasteiger partial charge in [-0.05, 0) is 25.5 Å². The van der Waals surface area contributed by atoms with Crippen molar-refractivity contribution in [2.45, 2.75) is 92.1 Å². The smallest absolute Gasteiger partial charge is 0.312 e. The Morgan fingerprint density at radius 3 is 2.31 bits per heavy atom. The number of aromatic hydroxyl groups is 2. The number of hydrogen-bond donors (Lipinski definition) is 6. The molecule has 0 radical (unpaired) electrons. The van der Waals surface area contributed by atoms with E-state index in [-0.39, 0.29) is 49.9 Å². The van der Waals surface area contributed by atoms with E-state index in [0.717, 1.165) is 5.56 Å². The number of imidazole rings is 1. The van der Waals surface area contributed by atoms with Gasteiger partial charge in [-0.1, -0.05) is 76.3 Å². The molecule has 0 spiro atoms. The molecule has 2 aliphatic heterocycles. The summed E-state index contributed by atoms with van der Waals surface area (Å²) in [5.41, 5.74) is 1.60. The molecular weight excluding hydrogens is 785 g/mol. The van der Waals surface area contributed by atoms with Gasteiger partial charge >= 0.3 is 11.8 Å². The molecule has 0 unspecified atom stereocenters. The van der Waals surface area contributed by atoms with E-state index in [2.05, 4.69) is 10.3 Å². The highest BCUT2D eigenvalue weighted by Gasteiger charge is 2.50. The molecule has 3 aromatic carbocycles. The fourth-order valence-electron chi connectivity index (χ4n) is 8.32. The fourth-order valence-corrected chi connectivity index (χ4v) is 8.32. The number of carbonyl (C=O) groups is 3. The first kappa shape index (κ1) is 44.6. The van der Waals surface area contributed by atoms with Crippen LogP contribution in [0.15, 0.2) is 66.5 Å². The number of methoxy groups -OCH3 is 1. The number of allylic oxidation sites excluding steroid dienone is 2. The molecule has 0 saturated heterocycles. The van der Waals surface area contributed by atoms with Crippen molar-refractivity contribution in [1.82, 2.24) is 9.97 Å². The zero-order chi connectivity index (χ0) is 44.7. The number of benzene rings is 3. The number of aromatic nitrogens is 2. The second-order valence-corrected chi connectivity index (χ2v) is 16.5. The minimum atomic E-state index is -1.98. The van der Waals surface area contributed by atoms with E-state index in [1.807, 2.05) is 42.3 Å². The van der Waals surface area contributed by atoms with E-state index >= 15 is 0 Å². The van der Waals surface area contributed by atoms with E-state index in [1.54, 1.807) is 52.8 Å². The second-order valence-electron chi connectivity index (χ2n) is 16.5. The number of ketones is 1. The summed E-state index contributed by atoms with van der Waals surface area (Å²) in [6.07, 6.45) is 3.84. The van der Waals surface area contributed by atoms with Crippen LogP contribution < -0.4 is 15.0 Å². The highest BCUT2D eigenvalue weighted by Crippen LogP contribution is 2.54. The number of anilines is 2. The number of phenolic OH excluding ortho intramolecular Hbond substituents is 2. The molecule has 6 rings (SSSR count). The van der Waals surface area contributed by atoms with Gasteiger partial charge in [0.25, 0.3) is 11.7 Å². The molecule has 6 N–H and O–H groups in total. The van der Waals surface area contributed by atoms with Gasteiger partial charge < -0.3 is 54.6 Å². The molecule has 61 heavy (non-hydrogen) atoms. The molecule has 3 heterocycles. The molecule has 2 aliphatic rings. The maximum atomic E-state index is 14.7. The Bertz CT molecular complexity index is 2420. The molecule has 15 heteroatoms. The largest absolute Gasteiger partial charge is 0.507 e. The molecule has 0 fully saturated rings. The maximum Gasteiger partial charge on any atom is 0.312 e. The minimum absolute atomic E-state index is 0.00127. The Balaban J connectivity index is 1.55. The van der Waals surface area contributed by atoms with Crippen molar-refractivity contribution >= 4 is 51.1 Å². The van der Waals surface area contributed by atoms with E-state index in [9.17, 15) is 34.8 Å². The minimum Gasteiger partial charge on any atom is -0.507 e. The first-order valence-corrected chi connectivity index (χ1v) is 20.3. The van der Waals surface area contributed by atoms with Crippen molar-refractivity contribution in [3.05, 3.63) is 83.2 Å². The molecule has 4 bridgehead atoms. The van der Waals surface area contributed by atoms with E-state index in [1.165, 1.54) is 40.2 Å². The van der Waals surface area contributed by atoms with Crippen LogP contribution >= 0.6 is 0 Å². The Hall–Kier alpha value is -5.90. The van der Waals surface area contributed by atoms with Gasteiger partial charge in [-0.15, -0.1) is 0 Å². The number of H-pyrrole nitrogens is 1. The number of amides is 1. The molecule has 1 aromatic heterocycles. The number of Topliss-reactive ketones (excluding diaryl/α,β-unsaturated/α-hetero) is 1. The third-order valence-corrected chi connectivity index (χ3v) is 12.1. The lowest BCUT2D eigenvalue weighted by molar-refractivity contribution is -0.160. The number of aliphatic hydroxyl groups is 2. The van der Waals surface area contributed by atoms with E-state index in [4.69, 9.17) is 23.9 Å². The Kier molecular flexibility index (Phi) is 12.9. The quantitative estimate of drug-likeness (QED) is 0.0930. The van der Waals surface area contributed by atoms with Gasteiger partial charge in [0.05, 0.1) is 41.0 Å². The third-order valence-electron chi connectivity index (χ3n) is 12.1. The predicted octanol–water partition coefficient (Wildman–Crippen LogP) is 6.56. The maximum absolute atomic E-state index is 14.7. The van der Waals surface area contributed by atoms with E-state index < -0.39 is 83.0 Å². The molecule has 15 nitrogen and oxygen atoms in total. The lowest BCUT2D eigenvalue weighted by atomic mass is 9.78. The average Bonchev–Trinajstić information content (AvgIpc) is 3.79. The van der Waals surface area contributed by atoms with Crippen molar-refractivity contribution in [1.29, 1.82) is 0 Å². The average molecular weight is 841 g/mol. The monoisotopic (exact) mass is 840 g/mol. The molecule has 4 aromatic rings. The number of ether oxygens (including phenoxy) is 4. The van der Waals surface area contributed by atoms with Crippen LogP contribution in [0.2, 0.25) is 0 Å². The number of phenols is 2. The normalized spacial score (nSPS) is 29.4. The summed E-state index contributed by atoms with van der Waals surface area (Å²) >= 11 is 0. The van der Waals surface area contributed by atoms with Gasteiger partial charge in [0.15, 0.2) is 5.75 Å². The third kappa shape index (κ3) is 8.42. The summed E-state index contributed by atoms with van der Waals surface area (Å²) in [6, 6.07) is 9.67. The summed E-state index contributed by atoms with van der Waals surface area (Å²) in [5.74, 6) is -6.76. The van der Waals surface area contributed by atoms with Gasteiger partial charge in [-0.2, -0.15) is 0 Å². The van der Waals surface area contributed by atoms with Crippen molar-refractivity contribution in [3.8, 4) is 17.2 Å². The topological polar surface area (TPSA) is 213 Å². The van der Waals surface area contributed by atoms with Crippen LogP contribution in [0.3, 0.4) is 0 Å². The van der Waals surface area contributed by atoms with Crippen LogP contribution in [-0.2, 0) is 30.3 Å².